The number of anilines is 1. The smallest absolute Gasteiger partial charge is 0.358 e. The number of carbonyl (C=O) groups excluding carboxylic acids is 2. The number of hydrogen-bond donors (Lipinski definition) is 2. The van der Waals surface area contributed by atoms with Gasteiger partial charge in [-0.15, -0.1) is 0 Å². The zero-order chi connectivity index (χ0) is 28.0. The first-order valence-corrected chi connectivity index (χ1v) is 11.5. The number of carbonyl (C=O) groups is 2. The Labute approximate surface area is 211 Å². The molecule has 37 heavy (non-hydrogen) atoms. The van der Waals surface area contributed by atoms with Crippen LogP contribution in [0, 0.1) is 26.2 Å². The second-order valence-electron chi connectivity index (χ2n) is 10.3. The second kappa shape index (κ2) is 9.54. The van der Waals surface area contributed by atoms with Gasteiger partial charge in [0, 0.05) is 23.4 Å². The number of amides is 1. The molecule has 0 aliphatic heterocycles. The van der Waals surface area contributed by atoms with E-state index in [1.54, 1.807) is 46.8 Å². The molecule has 10 heteroatoms. The summed E-state index contributed by atoms with van der Waals surface area (Å²) in [6, 6.07) is 9.75. The predicted octanol–water partition coefficient (Wildman–Crippen LogP) is 6.96. The van der Waals surface area contributed by atoms with Crippen molar-refractivity contribution in [1.82, 2.24) is 5.32 Å². The summed E-state index contributed by atoms with van der Waals surface area (Å²) in [4.78, 5) is 26.0. The van der Waals surface area contributed by atoms with Gasteiger partial charge in [0.25, 0.3) is 11.4 Å². The first-order chi connectivity index (χ1) is 16.9. The van der Waals surface area contributed by atoms with Crippen LogP contribution in [0.15, 0.2) is 53.7 Å². The molecule has 0 aromatic heterocycles. The number of Topliss-reactive ketones (excluding diaryl/α,β-unsaturated/α-hetero) is 1. The van der Waals surface area contributed by atoms with Gasteiger partial charge < -0.3 is 10.6 Å². The Hall–Kier alpha value is -3.30. The minimum absolute atomic E-state index is 0.226. The van der Waals surface area contributed by atoms with E-state index in [4.69, 9.17) is 0 Å². The lowest BCUT2D eigenvalue weighted by Crippen LogP contribution is -2.70. The molecule has 0 bridgehead atoms. The number of allylic oxidation sites excluding steroid dienone is 1. The van der Waals surface area contributed by atoms with E-state index in [1.807, 2.05) is 0 Å². The van der Waals surface area contributed by atoms with Gasteiger partial charge >= 0.3 is 12.4 Å². The number of benzene rings is 2. The summed E-state index contributed by atoms with van der Waals surface area (Å²) in [5.41, 5.74) is -5.86. The van der Waals surface area contributed by atoms with Crippen LogP contribution in [0.25, 0.3) is 0 Å². The van der Waals surface area contributed by atoms with Crippen molar-refractivity contribution in [2.75, 3.05) is 5.32 Å². The van der Waals surface area contributed by atoms with Gasteiger partial charge in [-0.3, -0.25) is 9.59 Å². The van der Waals surface area contributed by atoms with Crippen LogP contribution in [0.1, 0.15) is 53.7 Å². The molecule has 2 N–H and O–H groups in total. The van der Waals surface area contributed by atoms with Crippen molar-refractivity contribution < 1.29 is 35.9 Å². The summed E-state index contributed by atoms with van der Waals surface area (Å²) in [5.74, 6) is -2.95. The summed E-state index contributed by atoms with van der Waals surface area (Å²) < 4.78 is 87.9. The number of rotatable bonds is 5. The number of ketones is 1. The van der Waals surface area contributed by atoms with Gasteiger partial charge in [-0.2, -0.15) is 26.3 Å². The van der Waals surface area contributed by atoms with Gasteiger partial charge in [-0.1, -0.05) is 37.6 Å². The average Bonchev–Trinajstić information content (AvgIpc) is 2.73. The molecule has 2 aromatic carbocycles. The first-order valence-electron chi connectivity index (χ1n) is 11.5. The fourth-order valence-electron chi connectivity index (χ4n) is 4.45. The third kappa shape index (κ3) is 5.52. The highest BCUT2D eigenvalue weighted by Crippen LogP contribution is 2.52. The van der Waals surface area contributed by atoms with Crippen LogP contribution in [0.5, 0.6) is 0 Å². The van der Waals surface area contributed by atoms with E-state index < -0.39 is 58.3 Å². The summed E-state index contributed by atoms with van der Waals surface area (Å²) in [7, 11) is 0. The lowest BCUT2D eigenvalue weighted by molar-refractivity contribution is -0.290. The molecule has 0 fully saturated rings. The van der Waals surface area contributed by atoms with Gasteiger partial charge in [-0.25, -0.2) is 0 Å². The lowest BCUT2D eigenvalue weighted by atomic mass is 9.70. The zero-order valence-electron chi connectivity index (χ0n) is 21.0. The third-order valence-corrected chi connectivity index (χ3v) is 6.52. The fraction of sp³-hybridized carbons (Fsp3) is 0.407. The Bertz CT molecular complexity index is 1230. The molecular formula is C27H28F6N2O2. The van der Waals surface area contributed by atoms with E-state index in [0.717, 1.165) is 23.3 Å². The molecule has 1 aliphatic rings. The van der Waals surface area contributed by atoms with Gasteiger partial charge in [0.2, 0.25) is 0 Å². The number of alkyl halides is 6. The summed E-state index contributed by atoms with van der Waals surface area (Å²) in [6.07, 6.45) is -13.0. The van der Waals surface area contributed by atoms with E-state index in [1.165, 1.54) is 23.5 Å². The third-order valence-electron chi connectivity index (χ3n) is 6.52. The number of nitrogens with one attached hydrogen (secondary N) is 2. The Kier molecular flexibility index (Phi) is 7.29. The highest BCUT2D eigenvalue weighted by Gasteiger charge is 2.75. The van der Waals surface area contributed by atoms with Crippen LogP contribution in [0.4, 0.5) is 32.0 Å². The highest BCUT2D eigenvalue weighted by molar-refractivity contribution is 6.03. The van der Waals surface area contributed by atoms with Crippen molar-refractivity contribution in [3.63, 3.8) is 0 Å². The minimum atomic E-state index is -6.09. The second-order valence-corrected chi connectivity index (χ2v) is 10.3. The van der Waals surface area contributed by atoms with Crippen molar-refractivity contribution in [3.05, 3.63) is 76.0 Å². The summed E-state index contributed by atoms with van der Waals surface area (Å²) in [5, 5.41) is 3.86. The van der Waals surface area contributed by atoms with Gasteiger partial charge in [0.05, 0.1) is 5.57 Å². The molecule has 0 heterocycles. The molecule has 0 unspecified atom stereocenters. The Morgan fingerprint density at radius 2 is 1.41 bits per heavy atom. The topological polar surface area (TPSA) is 58.2 Å². The fourth-order valence-corrected chi connectivity index (χ4v) is 4.45. The molecular weight excluding hydrogens is 498 g/mol. The van der Waals surface area contributed by atoms with Crippen LogP contribution >= 0.6 is 0 Å². The summed E-state index contributed by atoms with van der Waals surface area (Å²) in [6.45, 7) is 8.35. The molecule has 1 aliphatic carbocycles. The van der Waals surface area contributed by atoms with Crippen molar-refractivity contribution in [2.24, 2.45) is 5.41 Å². The minimum Gasteiger partial charge on any atom is -0.358 e. The largest absolute Gasteiger partial charge is 0.425 e. The van der Waals surface area contributed by atoms with Crippen LogP contribution in [-0.4, -0.2) is 29.6 Å². The molecule has 0 spiro atoms. The molecule has 4 nitrogen and oxygen atoms in total. The average molecular weight is 527 g/mol. The molecule has 2 aromatic rings. The standard InChI is InChI=1S/C27H28F6N2O2/c1-15-6-9-18(10-7-15)23(37)35-25(26(28,29)30,27(31,32)33)22-20(13-24(4,5)14-21(22)36)34-19-11-8-16(2)17(3)12-19/h6-12,34H,13-14H2,1-5H3,(H,35,37). The monoisotopic (exact) mass is 526 g/mol. The van der Waals surface area contributed by atoms with Crippen molar-refractivity contribution >= 4 is 17.4 Å². The lowest BCUT2D eigenvalue weighted by Gasteiger charge is -2.43. The van der Waals surface area contributed by atoms with Crippen LogP contribution in [-0.2, 0) is 4.79 Å². The van der Waals surface area contributed by atoms with E-state index in [-0.39, 0.29) is 12.1 Å². The maximum absolute atomic E-state index is 14.6. The van der Waals surface area contributed by atoms with Crippen molar-refractivity contribution in [2.45, 2.75) is 65.4 Å². The molecule has 3 rings (SSSR count). The van der Waals surface area contributed by atoms with Crippen LogP contribution in [0.2, 0.25) is 0 Å². The SMILES string of the molecule is Cc1ccc(C(=O)NC(C2=C(Nc3ccc(C)c(C)c3)CC(C)(C)CC2=O)(C(F)(F)F)C(F)(F)F)cc1. The van der Waals surface area contributed by atoms with Gasteiger partial charge in [-0.05, 0) is 68.0 Å². The molecule has 1 amide bonds. The van der Waals surface area contributed by atoms with E-state index in [0.29, 0.717) is 5.56 Å². The summed E-state index contributed by atoms with van der Waals surface area (Å²) >= 11 is 0. The van der Waals surface area contributed by atoms with Crippen LogP contribution in [0.3, 0.4) is 0 Å². The molecule has 200 valence electrons. The molecule has 0 radical (unpaired) electrons. The number of hydrogen-bond acceptors (Lipinski definition) is 3. The first kappa shape index (κ1) is 28.3. The van der Waals surface area contributed by atoms with E-state index >= 15 is 0 Å². The zero-order valence-corrected chi connectivity index (χ0v) is 21.0. The quantitative estimate of drug-likeness (QED) is 0.414. The highest BCUT2D eigenvalue weighted by atomic mass is 19.4. The maximum atomic E-state index is 14.6. The molecule has 0 atom stereocenters. The number of halogens is 6. The normalized spacial score (nSPS) is 16.6. The Morgan fingerprint density at radius 3 is 1.92 bits per heavy atom. The van der Waals surface area contributed by atoms with Crippen LogP contribution < -0.4 is 10.6 Å². The van der Waals surface area contributed by atoms with E-state index in [2.05, 4.69) is 5.32 Å². The molecule has 0 saturated heterocycles. The Morgan fingerprint density at radius 1 is 0.838 bits per heavy atom. The predicted molar refractivity (Wildman–Crippen MR) is 128 cm³/mol. The maximum Gasteiger partial charge on any atom is 0.425 e. The van der Waals surface area contributed by atoms with Crippen molar-refractivity contribution in [1.29, 1.82) is 0 Å². The number of aryl methyl sites for hydroxylation is 3. The van der Waals surface area contributed by atoms with Gasteiger partial charge in [0.1, 0.15) is 0 Å². The molecule has 0 saturated carbocycles. The van der Waals surface area contributed by atoms with Gasteiger partial charge in [0.15, 0.2) is 5.78 Å². The van der Waals surface area contributed by atoms with Crippen molar-refractivity contribution in [3.8, 4) is 0 Å². The Balaban J connectivity index is 2.30. The van der Waals surface area contributed by atoms with E-state index in [9.17, 15) is 35.9 Å².